The number of amides is 1. The summed E-state index contributed by atoms with van der Waals surface area (Å²) in [6, 6.07) is 2.26. The second-order valence-electron chi connectivity index (χ2n) is 6.24. The first kappa shape index (κ1) is 17.8. The number of carbonyl (C=O) groups is 1. The minimum Gasteiger partial charge on any atom is -0.342 e. The minimum absolute atomic E-state index is 0.165. The van der Waals surface area contributed by atoms with Gasteiger partial charge in [-0.05, 0) is 51.7 Å². The number of nitrogens with zero attached hydrogens (tertiary/aromatic N) is 3. The van der Waals surface area contributed by atoms with Gasteiger partial charge >= 0.3 is 0 Å². The van der Waals surface area contributed by atoms with Crippen molar-refractivity contribution < 1.29 is 4.79 Å². The van der Waals surface area contributed by atoms with Gasteiger partial charge in [0.15, 0.2) is 0 Å². The van der Waals surface area contributed by atoms with Crippen LogP contribution in [0.2, 0.25) is 0 Å². The first-order valence-electron chi connectivity index (χ1n) is 8.29. The fraction of sp³-hybridized carbons (Fsp3) is 0.611. The zero-order valence-electron chi connectivity index (χ0n) is 14.5. The Morgan fingerprint density at radius 2 is 1.78 bits per heavy atom. The molecule has 5 heteroatoms. The molecule has 0 aliphatic carbocycles. The van der Waals surface area contributed by atoms with Crippen molar-refractivity contribution in [3.05, 3.63) is 22.4 Å². The van der Waals surface area contributed by atoms with Gasteiger partial charge < -0.3 is 4.90 Å². The van der Waals surface area contributed by atoms with E-state index in [-0.39, 0.29) is 11.2 Å². The molecule has 1 saturated heterocycles. The standard InChI is InChI=1S/C18H25N3OS/c1-12-13(2)16(11-19)17(20-14(12)3)23-15(4)18(22)21-9-7-5-6-8-10-21/h15H,5-10H2,1-4H3. The topological polar surface area (TPSA) is 57.0 Å². The third kappa shape index (κ3) is 4.06. The van der Waals surface area contributed by atoms with Gasteiger partial charge in [0.1, 0.15) is 11.1 Å². The summed E-state index contributed by atoms with van der Waals surface area (Å²) in [4.78, 5) is 19.2. The fourth-order valence-electron chi connectivity index (χ4n) is 2.89. The molecule has 2 rings (SSSR count). The first-order valence-corrected chi connectivity index (χ1v) is 9.17. The maximum absolute atomic E-state index is 12.7. The predicted octanol–water partition coefficient (Wildman–Crippen LogP) is 3.76. The van der Waals surface area contributed by atoms with Gasteiger partial charge in [-0.3, -0.25) is 4.79 Å². The molecule has 1 aliphatic heterocycles. The Morgan fingerprint density at radius 1 is 1.17 bits per heavy atom. The second-order valence-corrected chi connectivity index (χ2v) is 7.57. The number of carbonyl (C=O) groups excluding carboxylic acids is 1. The highest BCUT2D eigenvalue weighted by atomic mass is 32.2. The Morgan fingerprint density at radius 3 is 2.35 bits per heavy atom. The maximum atomic E-state index is 12.7. The molecule has 0 radical (unpaired) electrons. The number of pyridine rings is 1. The van der Waals surface area contributed by atoms with Crippen molar-refractivity contribution in [2.45, 2.75) is 63.7 Å². The number of nitriles is 1. The van der Waals surface area contributed by atoms with Crippen LogP contribution in [-0.4, -0.2) is 34.1 Å². The minimum atomic E-state index is -0.214. The van der Waals surface area contributed by atoms with Crippen LogP contribution < -0.4 is 0 Å². The van der Waals surface area contributed by atoms with Crippen molar-refractivity contribution in [2.75, 3.05) is 13.1 Å². The molecular formula is C18H25N3OS. The summed E-state index contributed by atoms with van der Waals surface area (Å²) in [6.07, 6.45) is 4.60. The molecule has 1 unspecified atom stereocenters. The van der Waals surface area contributed by atoms with Crippen LogP contribution in [0, 0.1) is 32.1 Å². The third-order valence-electron chi connectivity index (χ3n) is 4.63. The predicted molar refractivity (Wildman–Crippen MR) is 93.5 cm³/mol. The van der Waals surface area contributed by atoms with Crippen molar-refractivity contribution in [3.63, 3.8) is 0 Å². The summed E-state index contributed by atoms with van der Waals surface area (Å²) in [6.45, 7) is 9.52. The molecule has 0 spiro atoms. The van der Waals surface area contributed by atoms with Gasteiger partial charge in [0.25, 0.3) is 0 Å². The van der Waals surface area contributed by atoms with Gasteiger partial charge in [0.2, 0.25) is 5.91 Å². The summed E-state index contributed by atoms with van der Waals surface area (Å²) in [5.41, 5.74) is 3.56. The molecular weight excluding hydrogens is 306 g/mol. The second kappa shape index (κ2) is 7.83. The average Bonchev–Trinajstić information content (AvgIpc) is 2.81. The van der Waals surface area contributed by atoms with Crippen LogP contribution in [0.1, 0.15) is 55.0 Å². The summed E-state index contributed by atoms with van der Waals surface area (Å²) < 4.78 is 0. The van der Waals surface area contributed by atoms with Crippen LogP contribution in [0.4, 0.5) is 0 Å². The monoisotopic (exact) mass is 331 g/mol. The normalized spacial score (nSPS) is 16.6. The SMILES string of the molecule is Cc1nc(SC(C)C(=O)N2CCCCCC2)c(C#N)c(C)c1C. The lowest BCUT2D eigenvalue weighted by Gasteiger charge is -2.24. The number of aryl methyl sites for hydroxylation is 1. The lowest BCUT2D eigenvalue weighted by atomic mass is 10.1. The van der Waals surface area contributed by atoms with Crippen LogP contribution >= 0.6 is 11.8 Å². The van der Waals surface area contributed by atoms with E-state index in [9.17, 15) is 10.1 Å². The van der Waals surface area contributed by atoms with E-state index < -0.39 is 0 Å². The molecule has 4 nitrogen and oxygen atoms in total. The van der Waals surface area contributed by atoms with E-state index >= 15 is 0 Å². The molecule has 0 saturated carbocycles. The van der Waals surface area contributed by atoms with Gasteiger partial charge in [0, 0.05) is 18.8 Å². The molecule has 0 aromatic carbocycles. The van der Waals surface area contributed by atoms with Crippen LogP contribution in [0.25, 0.3) is 0 Å². The van der Waals surface area contributed by atoms with Crippen LogP contribution in [0.15, 0.2) is 5.03 Å². The zero-order valence-corrected chi connectivity index (χ0v) is 15.3. The molecule has 1 fully saturated rings. The van der Waals surface area contributed by atoms with E-state index in [0.29, 0.717) is 10.6 Å². The highest BCUT2D eigenvalue weighted by Crippen LogP contribution is 2.30. The third-order valence-corrected chi connectivity index (χ3v) is 5.70. The summed E-state index contributed by atoms with van der Waals surface area (Å²) >= 11 is 1.42. The number of aromatic nitrogens is 1. The molecule has 2 heterocycles. The number of hydrogen-bond acceptors (Lipinski definition) is 4. The molecule has 1 aromatic heterocycles. The molecule has 124 valence electrons. The highest BCUT2D eigenvalue weighted by Gasteiger charge is 2.24. The molecule has 1 aliphatic rings. The molecule has 23 heavy (non-hydrogen) atoms. The van der Waals surface area contributed by atoms with E-state index in [1.807, 2.05) is 32.6 Å². The smallest absolute Gasteiger partial charge is 0.235 e. The lowest BCUT2D eigenvalue weighted by Crippen LogP contribution is -2.37. The number of likely N-dealkylation sites (tertiary alicyclic amines) is 1. The molecule has 1 atom stereocenters. The van der Waals surface area contributed by atoms with E-state index in [0.717, 1.165) is 42.8 Å². The van der Waals surface area contributed by atoms with Gasteiger partial charge in [-0.15, -0.1) is 0 Å². The Labute approximate surface area is 143 Å². The largest absolute Gasteiger partial charge is 0.342 e. The van der Waals surface area contributed by atoms with Gasteiger partial charge in [0.05, 0.1) is 10.8 Å². The molecule has 1 aromatic rings. The number of hydrogen-bond donors (Lipinski definition) is 0. The first-order chi connectivity index (χ1) is 11.0. The average molecular weight is 331 g/mol. The summed E-state index contributed by atoms with van der Waals surface area (Å²) in [5.74, 6) is 0.165. The zero-order chi connectivity index (χ0) is 17.0. The lowest BCUT2D eigenvalue weighted by molar-refractivity contribution is -0.130. The van der Waals surface area contributed by atoms with Crippen LogP contribution in [-0.2, 0) is 4.79 Å². The molecule has 0 N–H and O–H groups in total. The highest BCUT2D eigenvalue weighted by molar-refractivity contribution is 8.00. The van der Waals surface area contributed by atoms with Crippen molar-refractivity contribution in [1.29, 1.82) is 5.26 Å². The Bertz CT molecular complexity index is 628. The quantitative estimate of drug-likeness (QED) is 0.791. The van der Waals surface area contributed by atoms with Crippen molar-refractivity contribution in [2.24, 2.45) is 0 Å². The number of rotatable bonds is 3. The Hall–Kier alpha value is -1.54. The molecule has 0 bridgehead atoms. The fourth-order valence-corrected chi connectivity index (χ4v) is 3.99. The summed E-state index contributed by atoms with van der Waals surface area (Å²) in [5, 5.41) is 9.92. The maximum Gasteiger partial charge on any atom is 0.235 e. The van der Waals surface area contributed by atoms with Crippen molar-refractivity contribution >= 4 is 17.7 Å². The van der Waals surface area contributed by atoms with E-state index in [1.165, 1.54) is 24.6 Å². The van der Waals surface area contributed by atoms with Crippen molar-refractivity contribution in [1.82, 2.24) is 9.88 Å². The Balaban J connectivity index is 2.18. The Kier molecular flexibility index (Phi) is 6.06. The summed E-state index contributed by atoms with van der Waals surface area (Å²) in [7, 11) is 0. The molecule has 1 amide bonds. The van der Waals surface area contributed by atoms with Crippen molar-refractivity contribution in [3.8, 4) is 6.07 Å². The van der Waals surface area contributed by atoms with Crippen LogP contribution in [0.5, 0.6) is 0 Å². The van der Waals surface area contributed by atoms with Gasteiger partial charge in [-0.2, -0.15) is 5.26 Å². The van der Waals surface area contributed by atoms with E-state index in [1.54, 1.807) is 0 Å². The number of thioether (sulfide) groups is 1. The van der Waals surface area contributed by atoms with E-state index in [2.05, 4.69) is 11.1 Å². The van der Waals surface area contributed by atoms with Gasteiger partial charge in [-0.1, -0.05) is 24.6 Å². The van der Waals surface area contributed by atoms with Gasteiger partial charge in [-0.25, -0.2) is 4.98 Å². The van der Waals surface area contributed by atoms with Crippen LogP contribution in [0.3, 0.4) is 0 Å². The van der Waals surface area contributed by atoms with E-state index in [4.69, 9.17) is 0 Å².